The zero-order valence-electron chi connectivity index (χ0n) is 24.5. The van der Waals surface area contributed by atoms with E-state index in [9.17, 15) is 14.7 Å². The van der Waals surface area contributed by atoms with Crippen LogP contribution in [0.3, 0.4) is 0 Å². The van der Waals surface area contributed by atoms with Crippen LogP contribution in [0.25, 0.3) is 11.1 Å². The Kier molecular flexibility index (Phi) is 10.1. The van der Waals surface area contributed by atoms with Crippen LogP contribution in [-0.2, 0) is 20.8 Å². The number of carbonyl (C=O) groups excluding carboxylic acids is 1. The number of aliphatic carboxylic acids is 1. The highest BCUT2D eigenvalue weighted by molar-refractivity contribution is 5.79. The van der Waals surface area contributed by atoms with E-state index >= 15 is 0 Å². The van der Waals surface area contributed by atoms with Crippen molar-refractivity contribution in [2.45, 2.75) is 58.0 Å². The maximum absolute atomic E-state index is 13.6. The molecule has 1 amide bonds. The van der Waals surface area contributed by atoms with Crippen LogP contribution in [0, 0.1) is 0 Å². The summed E-state index contributed by atoms with van der Waals surface area (Å²) in [5.41, 5.74) is 4.46. The highest BCUT2D eigenvalue weighted by atomic mass is 16.6. The molecule has 224 valence electrons. The lowest BCUT2D eigenvalue weighted by Crippen LogP contribution is -2.41. The highest BCUT2D eigenvalue weighted by Crippen LogP contribution is 2.44. The smallest absolute Gasteiger partial charge is 0.410 e. The summed E-state index contributed by atoms with van der Waals surface area (Å²) < 4.78 is 22.8. The lowest BCUT2D eigenvalue weighted by atomic mass is 9.98. The Morgan fingerprint density at radius 3 is 2.21 bits per heavy atom. The Morgan fingerprint density at radius 2 is 1.62 bits per heavy atom. The number of aliphatic hydroxyl groups is 1. The van der Waals surface area contributed by atoms with E-state index in [0.717, 1.165) is 22.3 Å². The Bertz CT molecular complexity index is 1340. The molecule has 0 saturated heterocycles. The second-order valence-electron chi connectivity index (χ2n) is 11.2. The quantitative estimate of drug-likeness (QED) is 0.193. The Hall–Kier alpha value is -4.08. The number of nitrogens with zero attached hydrogens (tertiary/aromatic N) is 1. The number of carbonyl (C=O) groups is 2. The number of carboxylic acids is 1. The summed E-state index contributed by atoms with van der Waals surface area (Å²) in [5, 5.41) is 19.7. The van der Waals surface area contributed by atoms with Gasteiger partial charge in [0.25, 0.3) is 0 Å². The van der Waals surface area contributed by atoms with Gasteiger partial charge in [-0.3, -0.25) is 9.69 Å². The van der Waals surface area contributed by atoms with Crippen molar-refractivity contribution >= 4 is 12.1 Å². The van der Waals surface area contributed by atoms with Crippen LogP contribution in [0.2, 0.25) is 0 Å². The van der Waals surface area contributed by atoms with Gasteiger partial charge in [-0.1, -0.05) is 48.5 Å². The normalized spacial score (nSPS) is 13.2. The van der Waals surface area contributed by atoms with Gasteiger partial charge in [0, 0.05) is 24.0 Å². The van der Waals surface area contributed by atoms with Crippen molar-refractivity contribution in [2.24, 2.45) is 0 Å². The third kappa shape index (κ3) is 8.02. The molecule has 0 spiro atoms. The molecule has 1 aliphatic carbocycles. The van der Waals surface area contributed by atoms with Crippen molar-refractivity contribution in [3.63, 3.8) is 0 Å². The number of amides is 1. The molecule has 3 aromatic carbocycles. The second kappa shape index (κ2) is 13.7. The van der Waals surface area contributed by atoms with Crippen molar-refractivity contribution in [2.75, 3.05) is 26.9 Å². The predicted octanol–water partition coefficient (Wildman–Crippen LogP) is 5.82. The Balaban J connectivity index is 1.54. The molecule has 0 saturated carbocycles. The fourth-order valence-corrected chi connectivity index (χ4v) is 5.06. The molecule has 0 aliphatic heterocycles. The average molecular weight is 578 g/mol. The van der Waals surface area contributed by atoms with Gasteiger partial charge in [0.2, 0.25) is 0 Å². The van der Waals surface area contributed by atoms with Gasteiger partial charge in [0.15, 0.2) is 6.29 Å². The zero-order chi connectivity index (χ0) is 30.3. The van der Waals surface area contributed by atoms with Gasteiger partial charge in [0.05, 0.1) is 32.4 Å². The van der Waals surface area contributed by atoms with Gasteiger partial charge in [-0.2, -0.15) is 0 Å². The number of fused-ring (bicyclic) bond motifs is 3. The van der Waals surface area contributed by atoms with E-state index in [1.54, 1.807) is 18.2 Å². The minimum absolute atomic E-state index is 0.0263. The first-order valence-electron chi connectivity index (χ1n) is 14.0. The lowest BCUT2D eigenvalue weighted by Gasteiger charge is -2.30. The number of ether oxygens (including phenoxy) is 4. The van der Waals surface area contributed by atoms with E-state index in [0.29, 0.717) is 23.5 Å². The third-order valence-electron chi connectivity index (χ3n) is 6.89. The molecule has 0 heterocycles. The van der Waals surface area contributed by atoms with E-state index in [2.05, 4.69) is 24.3 Å². The van der Waals surface area contributed by atoms with Crippen molar-refractivity contribution < 1.29 is 38.7 Å². The molecule has 0 bridgehead atoms. The van der Waals surface area contributed by atoms with Crippen LogP contribution in [0.5, 0.6) is 11.5 Å². The van der Waals surface area contributed by atoms with Crippen LogP contribution >= 0.6 is 0 Å². The molecular formula is C33H39NO8. The second-order valence-corrected chi connectivity index (χ2v) is 11.2. The first kappa shape index (κ1) is 30.9. The molecule has 1 unspecified atom stereocenters. The molecule has 9 nitrogen and oxygen atoms in total. The van der Waals surface area contributed by atoms with Crippen LogP contribution in [-0.4, -0.2) is 65.9 Å². The SMILES string of the molecule is COc1ccc(CN(CC(O)OC(C)(C)C)C(=O)OCC2c3ccccc3-c3ccccc32)c(OCCCC(=O)O)c1. The molecule has 4 rings (SSSR count). The fraction of sp³-hybridized carbons (Fsp3) is 0.394. The number of hydrogen-bond acceptors (Lipinski definition) is 7. The van der Waals surface area contributed by atoms with Gasteiger partial charge in [-0.25, -0.2) is 4.79 Å². The number of aliphatic hydroxyl groups excluding tert-OH is 1. The summed E-state index contributed by atoms with van der Waals surface area (Å²) in [7, 11) is 1.53. The summed E-state index contributed by atoms with van der Waals surface area (Å²) in [6, 6.07) is 21.4. The van der Waals surface area contributed by atoms with Crippen molar-refractivity contribution in [1.29, 1.82) is 0 Å². The fourth-order valence-electron chi connectivity index (χ4n) is 5.06. The number of hydrogen-bond donors (Lipinski definition) is 2. The van der Waals surface area contributed by atoms with E-state index < -0.39 is 24.0 Å². The standard InChI is InChI=1S/C33H39NO8/c1-33(2,3)42-31(37)20-34(19-22-15-16-23(39-4)18-29(22)40-17-9-14-30(35)36)32(38)41-21-28-26-12-7-5-10-24(26)25-11-6-8-13-27(25)28/h5-8,10-13,15-16,18,28,31,37H,9,14,17,19-21H2,1-4H3,(H,35,36). The van der Waals surface area contributed by atoms with Gasteiger partial charge < -0.3 is 29.2 Å². The highest BCUT2D eigenvalue weighted by Gasteiger charge is 2.31. The van der Waals surface area contributed by atoms with Crippen LogP contribution in [0.1, 0.15) is 56.2 Å². The number of carboxylic acid groups (broad SMARTS) is 1. The first-order chi connectivity index (χ1) is 20.1. The van der Waals surface area contributed by atoms with E-state index in [4.69, 9.17) is 24.1 Å². The molecule has 9 heteroatoms. The Labute approximate surface area is 246 Å². The van der Waals surface area contributed by atoms with Crippen molar-refractivity contribution in [1.82, 2.24) is 4.90 Å². The largest absolute Gasteiger partial charge is 0.497 e. The van der Waals surface area contributed by atoms with Gasteiger partial charge in [0.1, 0.15) is 18.1 Å². The van der Waals surface area contributed by atoms with E-state index in [-0.39, 0.29) is 38.6 Å². The average Bonchev–Trinajstić information content (AvgIpc) is 3.26. The lowest BCUT2D eigenvalue weighted by molar-refractivity contribution is -0.172. The van der Waals surface area contributed by atoms with Crippen LogP contribution in [0.4, 0.5) is 4.79 Å². The van der Waals surface area contributed by atoms with Gasteiger partial charge in [-0.05, 0) is 61.6 Å². The van der Waals surface area contributed by atoms with Crippen LogP contribution in [0.15, 0.2) is 66.7 Å². The minimum Gasteiger partial charge on any atom is -0.497 e. The molecule has 1 atom stereocenters. The zero-order valence-corrected chi connectivity index (χ0v) is 24.5. The Morgan fingerprint density at radius 1 is 0.976 bits per heavy atom. The van der Waals surface area contributed by atoms with Crippen molar-refractivity contribution in [3.8, 4) is 22.6 Å². The molecule has 3 aromatic rings. The molecule has 1 aliphatic rings. The van der Waals surface area contributed by atoms with E-state index in [1.165, 1.54) is 12.0 Å². The summed E-state index contributed by atoms with van der Waals surface area (Å²) in [6.45, 7) is 5.67. The summed E-state index contributed by atoms with van der Waals surface area (Å²) in [5.74, 6) is -0.0232. The van der Waals surface area contributed by atoms with Gasteiger partial charge >= 0.3 is 12.1 Å². The summed E-state index contributed by atoms with van der Waals surface area (Å²) in [6.07, 6.45) is -1.58. The van der Waals surface area contributed by atoms with Crippen LogP contribution < -0.4 is 9.47 Å². The number of benzene rings is 3. The molecule has 0 radical (unpaired) electrons. The number of rotatable bonds is 13. The molecule has 2 N–H and O–H groups in total. The molecule has 0 aromatic heterocycles. The van der Waals surface area contributed by atoms with Crippen molar-refractivity contribution in [3.05, 3.63) is 83.4 Å². The monoisotopic (exact) mass is 577 g/mol. The van der Waals surface area contributed by atoms with E-state index in [1.807, 2.05) is 45.0 Å². The number of methoxy groups -OCH3 is 1. The summed E-state index contributed by atoms with van der Waals surface area (Å²) >= 11 is 0. The first-order valence-corrected chi connectivity index (χ1v) is 14.0. The summed E-state index contributed by atoms with van der Waals surface area (Å²) in [4.78, 5) is 25.9. The van der Waals surface area contributed by atoms with Gasteiger partial charge in [-0.15, -0.1) is 0 Å². The predicted molar refractivity (Wildman–Crippen MR) is 158 cm³/mol. The topological polar surface area (TPSA) is 115 Å². The molecule has 0 fully saturated rings. The minimum atomic E-state index is -1.26. The maximum atomic E-state index is 13.6. The maximum Gasteiger partial charge on any atom is 0.410 e. The third-order valence-corrected chi connectivity index (χ3v) is 6.89. The molecule has 42 heavy (non-hydrogen) atoms. The molecular weight excluding hydrogens is 538 g/mol.